The van der Waals surface area contributed by atoms with Crippen LogP contribution in [0.15, 0.2) is 23.4 Å². The minimum atomic E-state index is -2.74. The molecule has 2 radical (unpaired) electrons. The zero-order valence-electron chi connectivity index (χ0n) is 33.8. The van der Waals surface area contributed by atoms with Gasteiger partial charge in [-0.15, -0.1) is 0 Å². The van der Waals surface area contributed by atoms with Crippen LogP contribution in [0.4, 0.5) is 11.6 Å². The van der Waals surface area contributed by atoms with E-state index in [0.29, 0.717) is 62.3 Å². The largest absolute Gasteiger partial charge is 0.666 e. The summed E-state index contributed by atoms with van der Waals surface area (Å²) in [5.74, 6) is -4.99. The number of thiazole rings is 2. The van der Waals surface area contributed by atoms with Crippen LogP contribution in [0.2, 0.25) is 0 Å². The molecule has 0 unspecified atom stereocenters. The fraction of sp³-hybridized carbons (Fsp3) is 0.382. The van der Waals surface area contributed by atoms with Crippen LogP contribution in [0.25, 0.3) is 11.5 Å². The number of aliphatic carboxylic acids is 5. The molecule has 23 nitrogen and oxygen atoms in total. The number of carboxylic acids is 5. The minimum Gasteiger partial charge on any atom is -0.666 e. The number of aliphatic hydroxyl groups excluding tert-OH is 2. The number of nitrogens with one attached hydrogen (secondary N) is 2. The van der Waals surface area contributed by atoms with Gasteiger partial charge in [-0.25, -0.2) is 24.7 Å². The van der Waals surface area contributed by atoms with E-state index in [-0.39, 0.29) is 52.2 Å². The van der Waals surface area contributed by atoms with Gasteiger partial charge in [0, 0.05) is 91.3 Å². The first-order chi connectivity index (χ1) is 27.5. The number of carboxylic acid groups (broad SMARTS) is 5. The monoisotopic (exact) mass is 996 g/mol. The van der Waals surface area contributed by atoms with Crippen LogP contribution in [0.3, 0.4) is 0 Å². The summed E-state index contributed by atoms with van der Waals surface area (Å²) in [5.41, 5.74) is 29.1. The van der Waals surface area contributed by atoms with Crippen molar-refractivity contribution in [3.63, 3.8) is 0 Å². The molecule has 4 aromatic rings. The molecule has 0 aliphatic carbocycles. The van der Waals surface area contributed by atoms with Crippen molar-refractivity contribution < 1.29 is 113 Å². The molecule has 0 aliphatic rings. The molecule has 0 saturated heterocycles. The van der Waals surface area contributed by atoms with Crippen LogP contribution in [0.5, 0.6) is 0 Å². The Labute approximate surface area is 383 Å². The Morgan fingerprint density at radius 1 is 0.689 bits per heavy atom. The van der Waals surface area contributed by atoms with E-state index >= 15 is 0 Å². The number of nitrogen functional groups attached to an aromatic ring is 2. The number of hydrogen-bond acceptors (Lipinski definition) is 16. The van der Waals surface area contributed by atoms with Crippen molar-refractivity contribution in [3.05, 3.63) is 91.9 Å². The number of nitrogens with zero attached hydrogens (tertiary/aromatic N) is 6. The average Bonchev–Trinajstić information content (AvgIpc) is 3.67. The van der Waals surface area contributed by atoms with Gasteiger partial charge >= 0.3 is 17.9 Å². The molecule has 14 N–H and O–H groups in total. The predicted molar refractivity (Wildman–Crippen MR) is 210 cm³/mol. The van der Waals surface area contributed by atoms with E-state index < -0.39 is 48.3 Å². The van der Waals surface area contributed by atoms with Crippen LogP contribution < -0.4 is 20.6 Å². The molecule has 0 atom stereocenters. The van der Waals surface area contributed by atoms with Gasteiger partial charge in [-0.1, -0.05) is 22.7 Å². The summed E-state index contributed by atoms with van der Waals surface area (Å²) in [5, 5.41) is 66.7. The van der Waals surface area contributed by atoms with Gasteiger partial charge in [0.2, 0.25) is 11.0 Å². The molecule has 4 rings (SSSR count). The molecule has 0 saturated carbocycles. The molecule has 4 heterocycles. The second-order valence-electron chi connectivity index (χ2n) is 11.8. The zero-order valence-corrected chi connectivity index (χ0v) is 41.4. The number of rotatable bonds is 15. The van der Waals surface area contributed by atoms with Crippen molar-refractivity contribution in [2.75, 3.05) is 24.7 Å². The molecule has 328 valence electrons. The van der Waals surface area contributed by atoms with E-state index in [1.807, 2.05) is 38.7 Å². The SMILES string of the molecule is Cc1ncc(C[n+]2csc(CCO)c2C)c(N)n1.Cc1ncc(C[n+]2csc(CCO)c2C)c(N)n1.O=C(O)CC(O)(CC(=O)O)C(=O)O.[NH-][CH]C(=O)O.[NH-][CH]C(=O)O.[Zn].[Zn]. The Hall–Kier alpha value is -4.58. The third kappa shape index (κ3) is 23.9. The zero-order chi connectivity index (χ0) is 45.5. The Bertz CT molecular complexity index is 1880. The van der Waals surface area contributed by atoms with Gasteiger partial charge < -0.3 is 63.8 Å². The van der Waals surface area contributed by atoms with Crippen LogP contribution >= 0.6 is 22.7 Å². The summed E-state index contributed by atoms with van der Waals surface area (Å²) < 4.78 is 4.22. The van der Waals surface area contributed by atoms with Gasteiger partial charge in [-0.05, 0) is 26.9 Å². The van der Waals surface area contributed by atoms with Crippen molar-refractivity contribution >= 4 is 64.2 Å². The first-order valence-electron chi connectivity index (χ1n) is 16.7. The fourth-order valence-electron chi connectivity index (χ4n) is 4.25. The number of carbonyl (C=O) groups is 5. The topological polar surface area (TPSA) is 406 Å². The quantitative estimate of drug-likeness (QED) is 0.0573. The van der Waals surface area contributed by atoms with Gasteiger partial charge in [0.05, 0.1) is 33.7 Å². The van der Waals surface area contributed by atoms with E-state index in [0.717, 1.165) is 22.5 Å². The van der Waals surface area contributed by atoms with Gasteiger partial charge in [0.25, 0.3) is 11.9 Å². The second kappa shape index (κ2) is 31.3. The molecule has 4 aromatic heterocycles. The molecular formula is C34H48N10O13S2Zn2. The number of aliphatic hydroxyl groups is 3. The van der Waals surface area contributed by atoms with Crippen LogP contribution in [-0.2, 0) is 88.9 Å². The Morgan fingerprint density at radius 2 is 1.00 bits per heavy atom. The Morgan fingerprint density at radius 3 is 1.23 bits per heavy atom. The Kier molecular flexibility index (Phi) is 31.1. The molecule has 0 aliphatic heterocycles. The summed E-state index contributed by atoms with van der Waals surface area (Å²) in [7, 11) is 0. The van der Waals surface area contributed by atoms with Crippen molar-refractivity contribution in [2.24, 2.45) is 0 Å². The van der Waals surface area contributed by atoms with E-state index in [4.69, 9.17) is 73.4 Å². The molecule has 0 fully saturated rings. The second-order valence-corrected chi connectivity index (χ2v) is 13.6. The summed E-state index contributed by atoms with van der Waals surface area (Å²) in [6.45, 7) is 10.1. The maximum absolute atomic E-state index is 10.3. The van der Waals surface area contributed by atoms with Gasteiger partial charge in [0.1, 0.15) is 23.3 Å². The number of hydrogen-bond donors (Lipinski definition) is 10. The molecule has 0 spiro atoms. The number of nitrogens with two attached hydrogens (primary N) is 2. The van der Waals surface area contributed by atoms with Gasteiger partial charge in [-0.2, -0.15) is 9.13 Å². The number of anilines is 2. The van der Waals surface area contributed by atoms with Gasteiger partial charge in [0.15, 0.2) is 30.1 Å². The molecule has 0 amide bonds. The van der Waals surface area contributed by atoms with Crippen LogP contribution in [0.1, 0.15) is 56.8 Å². The summed E-state index contributed by atoms with van der Waals surface area (Å²) >= 11 is 3.30. The minimum absolute atomic E-state index is 0. The number of aryl methyl sites for hydroxylation is 2. The summed E-state index contributed by atoms with van der Waals surface area (Å²) in [4.78, 5) is 67.8. The molecule has 27 heteroatoms. The predicted octanol–water partition coefficient (Wildman–Crippen LogP) is 0.532. The molecule has 61 heavy (non-hydrogen) atoms. The first kappa shape index (κ1) is 60.7. The summed E-state index contributed by atoms with van der Waals surface area (Å²) in [6.07, 6.45) is 2.65. The third-order valence-corrected chi connectivity index (χ3v) is 9.53. The molecule has 0 bridgehead atoms. The van der Waals surface area contributed by atoms with E-state index in [1.54, 1.807) is 35.1 Å². The normalized spacial score (nSPS) is 9.92. The first-order valence-corrected chi connectivity index (χ1v) is 18.5. The van der Waals surface area contributed by atoms with E-state index in [1.165, 1.54) is 9.75 Å². The van der Waals surface area contributed by atoms with Crippen molar-refractivity contribution in [1.82, 2.24) is 19.9 Å². The van der Waals surface area contributed by atoms with Gasteiger partial charge in [-0.3, -0.25) is 19.2 Å². The van der Waals surface area contributed by atoms with Crippen LogP contribution in [0, 0.1) is 40.8 Å². The number of aromatic nitrogens is 6. The maximum Gasteiger partial charge on any atom is 0.336 e. The standard InChI is InChI=1S/2C12H17N4OS.C6H8O7.2C2H3NO2.2Zn/c2*1-8-11(3-4-17)18-7-16(8)6-10-5-14-9(2)15-12(10)13;7-3(8)1-6(13,5(11)12)2-4(9)10;2*3-1-2(4)5;;/h2*5,7,17H,3-4,6H2,1-2H3,(H2,13,14,15);13H,1-2H2,(H,7,8)(H,9,10)(H,11,12);2*1,3H,(H,4,5);;/q2*+1;;2*-1;;. The fourth-order valence-corrected chi connectivity index (χ4v) is 6.22. The Balaban J connectivity index is -0.000000740. The van der Waals surface area contributed by atoms with Crippen molar-refractivity contribution in [1.29, 1.82) is 0 Å². The average molecular weight is 1000 g/mol. The molecular weight excluding hydrogens is 951 g/mol. The summed E-state index contributed by atoms with van der Waals surface area (Å²) in [6, 6.07) is 0. The van der Waals surface area contributed by atoms with E-state index in [9.17, 15) is 14.4 Å². The maximum atomic E-state index is 10.3. The van der Waals surface area contributed by atoms with Crippen molar-refractivity contribution in [3.8, 4) is 0 Å². The smallest absolute Gasteiger partial charge is 0.336 e. The third-order valence-electron chi connectivity index (χ3n) is 7.24. The van der Waals surface area contributed by atoms with Crippen molar-refractivity contribution in [2.45, 2.75) is 72.1 Å². The molecule has 0 aromatic carbocycles. The van der Waals surface area contributed by atoms with E-state index in [2.05, 4.69) is 29.1 Å². The van der Waals surface area contributed by atoms with Crippen LogP contribution in [-0.4, -0.2) is 109 Å².